The Labute approximate surface area is 113 Å². The SMILES string of the molecule is Cc1cccc(Cc2nc(C3CCNCC3)no2)c1. The number of nitrogens with zero attached hydrogens (tertiary/aromatic N) is 2. The molecule has 1 saturated heterocycles. The molecule has 0 saturated carbocycles. The van der Waals surface area contributed by atoms with Gasteiger partial charge in [0.05, 0.1) is 6.42 Å². The molecular formula is C15H19N3O. The molecule has 1 N–H and O–H groups in total. The third-order valence-corrected chi connectivity index (χ3v) is 3.63. The topological polar surface area (TPSA) is 51.0 Å². The zero-order chi connectivity index (χ0) is 13.1. The van der Waals surface area contributed by atoms with Crippen LogP contribution in [0.2, 0.25) is 0 Å². The van der Waals surface area contributed by atoms with Gasteiger partial charge < -0.3 is 9.84 Å². The second kappa shape index (κ2) is 5.53. The fourth-order valence-electron chi connectivity index (χ4n) is 2.58. The van der Waals surface area contributed by atoms with E-state index < -0.39 is 0 Å². The predicted octanol–water partition coefficient (Wildman–Crippen LogP) is 2.44. The van der Waals surface area contributed by atoms with Crippen LogP contribution in [0.1, 0.15) is 41.6 Å². The van der Waals surface area contributed by atoms with Gasteiger partial charge in [-0.15, -0.1) is 0 Å². The Morgan fingerprint density at radius 1 is 1.32 bits per heavy atom. The minimum Gasteiger partial charge on any atom is -0.339 e. The first kappa shape index (κ1) is 12.4. The van der Waals surface area contributed by atoms with Crippen molar-refractivity contribution in [2.45, 2.75) is 32.1 Å². The molecule has 1 fully saturated rings. The van der Waals surface area contributed by atoms with Gasteiger partial charge in [0, 0.05) is 5.92 Å². The molecule has 2 heterocycles. The molecule has 4 heteroatoms. The van der Waals surface area contributed by atoms with E-state index in [1.54, 1.807) is 0 Å². The number of benzene rings is 1. The summed E-state index contributed by atoms with van der Waals surface area (Å²) in [6.45, 7) is 4.19. The number of hydrogen-bond donors (Lipinski definition) is 1. The van der Waals surface area contributed by atoms with Crippen molar-refractivity contribution < 1.29 is 4.52 Å². The van der Waals surface area contributed by atoms with Crippen molar-refractivity contribution in [3.05, 3.63) is 47.1 Å². The summed E-state index contributed by atoms with van der Waals surface area (Å²) in [7, 11) is 0. The lowest BCUT2D eigenvalue weighted by Crippen LogP contribution is -2.27. The third kappa shape index (κ3) is 3.01. The van der Waals surface area contributed by atoms with Crippen LogP contribution < -0.4 is 5.32 Å². The number of rotatable bonds is 3. The number of piperidine rings is 1. The van der Waals surface area contributed by atoms with Gasteiger partial charge in [-0.3, -0.25) is 0 Å². The molecule has 1 aliphatic heterocycles. The van der Waals surface area contributed by atoms with Crippen LogP contribution in [0.5, 0.6) is 0 Å². The summed E-state index contributed by atoms with van der Waals surface area (Å²) >= 11 is 0. The zero-order valence-corrected chi connectivity index (χ0v) is 11.2. The van der Waals surface area contributed by atoms with E-state index in [4.69, 9.17) is 4.52 Å². The molecule has 0 radical (unpaired) electrons. The zero-order valence-electron chi connectivity index (χ0n) is 11.2. The van der Waals surface area contributed by atoms with E-state index >= 15 is 0 Å². The maximum Gasteiger partial charge on any atom is 0.231 e. The maximum absolute atomic E-state index is 5.38. The molecule has 2 aromatic rings. The van der Waals surface area contributed by atoms with Crippen LogP contribution in [-0.2, 0) is 6.42 Å². The summed E-state index contributed by atoms with van der Waals surface area (Å²) in [4.78, 5) is 4.55. The Hall–Kier alpha value is -1.68. The van der Waals surface area contributed by atoms with Crippen molar-refractivity contribution in [1.82, 2.24) is 15.5 Å². The maximum atomic E-state index is 5.38. The first-order valence-electron chi connectivity index (χ1n) is 6.90. The van der Waals surface area contributed by atoms with Gasteiger partial charge in [-0.05, 0) is 38.4 Å². The molecule has 19 heavy (non-hydrogen) atoms. The Morgan fingerprint density at radius 2 is 2.16 bits per heavy atom. The highest BCUT2D eigenvalue weighted by atomic mass is 16.5. The monoisotopic (exact) mass is 257 g/mol. The van der Waals surface area contributed by atoms with E-state index in [0.29, 0.717) is 5.92 Å². The van der Waals surface area contributed by atoms with Crippen LogP contribution in [0.15, 0.2) is 28.8 Å². The van der Waals surface area contributed by atoms with E-state index in [1.165, 1.54) is 11.1 Å². The van der Waals surface area contributed by atoms with Gasteiger partial charge in [-0.25, -0.2) is 0 Å². The number of hydrogen-bond acceptors (Lipinski definition) is 4. The smallest absolute Gasteiger partial charge is 0.231 e. The van der Waals surface area contributed by atoms with Gasteiger partial charge in [-0.2, -0.15) is 4.98 Å². The standard InChI is InChI=1S/C15H19N3O/c1-11-3-2-4-12(9-11)10-14-17-15(18-19-14)13-5-7-16-8-6-13/h2-4,9,13,16H,5-8,10H2,1H3. The van der Waals surface area contributed by atoms with E-state index in [-0.39, 0.29) is 0 Å². The van der Waals surface area contributed by atoms with Crippen molar-refractivity contribution in [3.63, 3.8) is 0 Å². The molecule has 1 aromatic carbocycles. The highest BCUT2D eigenvalue weighted by Gasteiger charge is 2.20. The molecule has 0 atom stereocenters. The first-order valence-corrected chi connectivity index (χ1v) is 6.90. The quantitative estimate of drug-likeness (QED) is 0.917. The van der Waals surface area contributed by atoms with Crippen LogP contribution in [0, 0.1) is 6.92 Å². The third-order valence-electron chi connectivity index (χ3n) is 3.63. The largest absolute Gasteiger partial charge is 0.339 e. The molecule has 3 rings (SSSR count). The Bertz CT molecular complexity index is 544. The lowest BCUT2D eigenvalue weighted by atomic mass is 9.98. The van der Waals surface area contributed by atoms with Gasteiger partial charge in [0.25, 0.3) is 0 Å². The second-order valence-corrected chi connectivity index (χ2v) is 5.24. The summed E-state index contributed by atoms with van der Waals surface area (Å²) in [6, 6.07) is 8.42. The van der Waals surface area contributed by atoms with E-state index in [1.807, 2.05) is 0 Å². The van der Waals surface area contributed by atoms with E-state index in [9.17, 15) is 0 Å². The molecule has 0 aliphatic carbocycles. The average molecular weight is 257 g/mol. The highest BCUT2D eigenvalue weighted by Crippen LogP contribution is 2.22. The van der Waals surface area contributed by atoms with Gasteiger partial charge in [0.1, 0.15) is 0 Å². The highest BCUT2D eigenvalue weighted by molar-refractivity contribution is 5.24. The summed E-state index contributed by atoms with van der Waals surface area (Å²) in [5, 5.41) is 7.50. The molecule has 0 amide bonds. The fraction of sp³-hybridized carbons (Fsp3) is 0.467. The Morgan fingerprint density at radius 3 is 2.95 bits per heavy atom. The van der Waals surface area contributed by atoms with Crippen LogP contribution in [0.25, 0.3) is 0 Å². The normalized spacial score (nSPS) is 16.7. The first-order chi connectivity index (χ1) is 9.31. The van der Waals surface area contributed by atoms with Crippen LogP contribution in [-0.4, -0.2) is 23.2 Å². The van der Waals surface area contributed by atoms with Gasteiger partial charge in [-0.1, -0.05) is 35.0 Å². The molecule has 0 bridgehead atoms. The Balaban J connectivity index is 1.70. The van der Waals surface area contributed by atoms with E-state index in [0.717, 1.165) is 44.1 Å². The lowest BCUT2D eigenvalue weighted by molar-refractivity contribution is 0.365. The average Bonchev–Trinajstić information content (AvgIpc) is 2.88. The minimum absolute atomic E-state index is 0.455. The molecule has 0 unspecified atom stereocenters. The molecular weight excluding hydrogens is 238 g/mol. The van der Waals surface area contributed by atoms with Crippen molar-refractivity contribution >= 4 is 0 Å². The molecule has 100 valence electrons. The van der Waals surface area contributed by atoms with Gasteiger partial charge in [0.15, 0.2) is 5.82 Å². The van der Waals surface area contributed by atoms with Crippen molar-refractivity contribution in [1.29, 1.82) is 0 Å². The summed E-state index contributed by atoms with van der Waals surface area (Å²) in [5.74, 6) is 2.06. The van der Waals surface area contributed by atoms with Crippen LogP contribution in [0.3, 0.4) is 0 Å². The summed E-state index contributed by atoms with van der Waals surface area (Å²) in [5.41, 5.74) is 2.48. The lowest BCUT2D eigenvalue weighted by Gasteiger charge is -2.18. The molecule has 0 spiro atoms. The molecule has 4 nitrogen and oxygen atoms in total. The summed E-state index contributed by atoms with van der Waals surface area (Å²) < 4.78 is 5.38. The number of aryl methyl sites for hydroxylation is 1. The van der Waals surface area contributed by atoms with Crippen molar-refractivity contribution in [2.24, 2.45) is 0 Å². The predicted molar refractivity (Wildman–Crippen MR) is 73.1 cm³/mol. The van der Waals surface area contributed by atoms with E-state index in [2.05, 4.69) is 46.6 Å². The van der Waals surface area contributed by atoms with Crippen LogP contribution in [0.4, 0.5) is 0 Å². The van der Waals surface area contributed by atoms with Gasteiger partial charge >= 0.3 is 0 Å². The van der Waals surface area contributed by atoms with Gasteiger partial charge in [0.2, 0.25) is 5.89 Å². The Kier molecular flexibility index (Phi) is 3.60. The molecule has 1 aromatic heterocycles. The summed E-state index contributed by atoms with van der Waals surface area (Å²) in [6.07, 6.45) is 2.92. The second-order valence-electron chi connectivity index (χ2n) is 5.24. The number of nitrogens with one attached hydrogen (secondary N) is 1. The molecule has 1 aliphatic rings. The minimum atomic E-state index is 0.455. The van der Waals surface area contributed by atoms with Crippen molar-refractivity contribution in [2.75, 3.05) is 13.1 Å². The van der Waals surface area contributed by atoms with Crippen LogP contribution >= 0.6 is 0 Å². The van der Waals surface area contributed by atoms with Crippen molar-refractivity contribution in [3.8, 4) is 0 Å². The fourth-order valence-corrected chi connectivity index (χ4v) is 2.58. The number of aromatic nitrogens is 2.